The van der Waals surface area contributed by atoms with Crippen LogP contribution in [0.5, 0.6) is 17.2 Å². The molecular weight excluding hydrogens is 789 g/mol. The lowest BCUT2D eigenvalue weighted by atomic mass is 10.0. The molecular formula is C44H54N6O9S. The van der Waals surface area contributed by atoms with Crippen LogP contribution in [0.1, 0.15) is 88.8 Å². The molecule has 3 unspecified atom stereocenters. The molecule has 2 saturated heterocycles. The van der Waals surface area contributed by atoms with Crippen molar-refractivity contribution in [1.82, 2.24) is 29.9 Å². The number of imide groups is 1. The number of fused-ring (bicyclic) bond motifs is 2. The molecule has 3 atom stereocenters. The Hall–Kier alpha value is -5.29. The smallest absolute Gasteiger partial charge is 0.261 e. The summed E-state index contributed by atoms with van der Waals surface area (Å²) in [5.74, 6) is 0.162. The quantitative estimate of drug-likeness (QED) is 0.114. The maximum Gasteiger partial charge on any atom is 0.261 e. The predicted octanol–water partition coefficient (Wildman–Crippen LogP) is 4.43. The fourth-order valence-corrected chi connectivity index (χ4v) is 9.61. The number of thiophene rings is 1. The summed E-state index contributed by atoms with van der Waals surface area (Å²) < 4.78 is 19.9. The van der Waals surface area contributed by atoms with Gasteiger partial charge < -0.3 is 39.0 Å². The minimum atomic E-state index is -1.34. The second-order valence-corrected chi connectivity index (χ2v) is 17.1. The van der Waals surface area contributed by atoms with Gasteiger partial charge >= 0.3 is 0 Å². The zero-order valence-electron chi connectivity index (χ0n) is 34.9. The Balaban J connectivity index is 0.907. The van der Waals surface area contributed by atoms with Crippen molar-refractivity contribution >= 4 is 45.1 Å². The number of nitrogens with one attached hydrogen (secondary N) is 2. The van der Waals surface area contributed by atoms with Gasteiger partial charge in [0.2, 0.25) is 11.8 Å². The number of pyridine rings is 1. The topological polar surface area (TPSA) is 172 Å². The Bertz CT molecular complexity index is 2320. The van der Waals surface area contributed by atoms with Crippen LogP contribution in [-0.2, 0) is 23.2 Å². The van der Waals surface area contributed by atoms with Crippen LogP contribution in [0.25, 0.3) is 21.2 Å². The van der Waals surface area contributed by atoms with Crippen LogP contribution >= 0.6 is 11.3 Å². The Labute approximate surface area is 353 Å². The summed E-state index contributed by atoms with van der Waals surface area (Å²) in [6.07, 6.45) is 6.02. The Kier molecular flexibility index (Phi) is 13.2. The van der Waals surface area contributed by atoms with Crippen molar-refractivity contribution in [2.75, 3.05) is 54.6 Å². The maximum atomic E-state index is 13.7. The first-order chi connectivity index (χ1) is 28.9. The molecule has 15 nitrogen and oxygen atoms in total. The molecule has 7 rings (SSSR count). The van der Waals surface area contributed by atoms with E-state index in [1.54, 1.807) is 56.3 Å². The SMILES string of the molecule is COc1cc(-c2cn(C)c(=O)c3cc(C(=O)NC4CCCN(CCCCCOc5cccc6c5C(O)N(C5CCC(=O)NC5=O)C6=O)CC4)sc23)cc(OC)c1CN(C)C. The van der Waals surface area contributed by atoms with Crippen molar-refractivity contribution in [3.8, 4) is 28.4 Å². The van der Waals surface area contributed by atoms with Crippen LogP contribution in [0.2, 0.25) is 0 Å². The van der Waals surface area contributed by atoms with Crippen molar-refractivity contribution in [3.05, 3.63) is 74.5 Å². The van der Waals surface area contributed by atoms with Crippen molar-refractivity contribution in [2.45, 2.75) is 76.2 Å². The second-order valence-electron chi connectivity index (χ2n) is 16.0. The molecule has 2 fully saturated rings. The summed E-state index contributed by atoms with van der Waals surface area (Å²) in [4.78, 5) is 70.5. The number of likely N-dealkylation sites (tertiary alicyclic amines) is 1. The average Bonchev–Trinajstić information content (AvgIpc) is 3.69. The molecule has 0 spiro atoms. The van der Waals surface area contributed by atoms with Gasteiger partial charge in [-0.05, 0) is 108 Å². The normalized spacial score (nSPS) is 19.7. The predicted molar refractivity (Wildman–Crippen MR) is 228 cm³/mol. The number of benzene rings is 2. The van der Waals surface area contributed by atoms with E-state index >= 15 is 0 Å². The molecule has 0 radical (unpaired) electrons. The molecule has 2 aromatic carbocycles. The summed E-state index contributed by atoms with van der Waals surface area (Å²) in [6.45, 7) is 3.75. The monoisotopic (exact) mass is 842 g/mol. The van der Waals surface area contributed by atoms with Crippen molar-refractivity contribution in [1.29, 1.82) is 0 Å². The first kappa shape index (κ1) is 42.8. The molecule has 0 saturated carbocycles. The number of methoxy groups -OCH3 is 2. The third-order valence-electron chi connectivity index (χ3n) is 11.6. The van der Waals surface area contributed by atoms with Crippen LogP contribution in [-0.4, -0.2) is 115 Å². The van der Waals surface area contributed by atoms with Gasteiger partial charge in [-0.3, -0.25) is 34.2 Å². The maximum absolute atomic E-state index is 13.7. The molecule has 3 aliphatic heterocycles. The minimum Gasteiger partial charge on any atom is -0.496 e. The summed E-state index contributed by atoms with van der Waals surface area (Å²) in [5, 5.41) is 17.1. The first-order valence-corrected chi connectivity index (χ1v) is 21.4. The lowest BCUT2D eigenvalue weighted by molar-refractivity contribution is -0.139. The lowest BCUT2D eigenvalue weighted by Crippen LogP contribution is -2.53. The van der Waals surface area contributed by atoms with Gasteiger partial charge in [-0.25, -0.2) is 0 Å². The van der Waals surface area contributed by atoms with E-state index in [9.17, 15) is 29.1 Å². The van der Waals surface area contributed by atoms with Crippen LogP contribution in [0.15, 0.2) is 47.4 Å². The number of nitrogens with zero attached hydrogens (tertiary/aromatic N) is 4. The number of carbonyl (C=O) groups excluding carboxylic acids is 4. The highest BCUT2D eigenvalue weighted by Crippen LogP contribution is 2.42. The van der Waals surface area contributed by atoms with E-state index in [0.717, 1.165) is 84.4 Å². The van der Waals surface area contributed by atoms with Crippen molar-refractivity contribution < 1.29 is 38.5 Å². The lowest BCUT2D eigenvalue weighted by Gasteiger charge is -2.32. The Morgan fingerprint density at radius 2 is 1.73 bits per heavy atom. The summed E-state index contributed by atoms with van der Waals surface area (Å²) >= 11 is 1.32. The highest BCUT2D eigenvalue weighted by molar-refractivity contribution is 7.21. The number of aryl methyl sites for hydroxylation is 1. The third kappa shape index (κ3) is 8.92. The molecule has 60 heavy (non-hydrogen) atoms. The van der Waals surface area contributed by atoms with E-state index in [1.807, 2.05) is 31.1 Å². The van der Waals surface area contributed by atoms with E-state index in [4.69, 9.17) is 14.2 Å². The zero-order valence-corrected chi connectivity index (χ0v) is 35.7. The van der Waals surface area contributed by atoms with Gasteiger partial charge in [0.25, 0.3) is 17.4 Å². The molecule has 3 aliphatic rings. The van der Waals surface area contributed by atoms with Crippen LogP contribution < -0.4 is 30.4 Å². The number of piperidine rings is 1. The third-order valence-corrected chi connectivity index (χ3v) is 12.8. The molecule has 3 N–H and O–H groups in total. The van der Waals surface area contributed by atoms with Crippen molar-refractivity contribution in [3.63, 3.8) is 0 Å². The number of unbranched alkanes of at least 4 members (excludes halogenated alkanes) is 2. The molecule has 5 heterocycles. The van der Waals surface area contributed by atoms with E-state index < -0.39 is 24.1 Å². The summed E-state index contributed by atoms with van der Waals surface area (Å²) in [5.41, 5.74) is 3.05. The van der Waals surface area contributed by atoms with Gasteiger partial charge in [-0.15, -0.1) is 11.3 Å². The molecule has 16 heteroatoms. The minimum absolute atomic E-state index is 0.0157. The highest BCUT2D eigenvalue weighted by atomic mass is 32.1. The van der Waals surface area contributed by atoms with Gasteiger partial charge in [-0.2, -0.15) is 0 Å². The molecule has 0 aliphatic carbocycles. The number of aliphatic hydroxyl groups excluding tert-OH is 1. The van der Waals surface area contributed by atoms with Gasteiger partial charge in [0.05, 0.1) is 47.8 Å². The van der Waals surface area contributed by atoms with E-state index in [2.05, 4.69) is 15.5 Å². The van der Waals surface area contributed by atoms with Gasteiger partial charge in [0.15, 0.2) is 6.23 Å². The largest absolute Gasteiger partial charge is 0.496 e. The molecule has 4 amide bonds. The Morgan fingerprint density at radius 1 is 0.967 bits per heavy atom. The number of amides is 4. The number of hydrogen-bond acceptors (Lipinski definition) is 12. The fourth-order valence-electron chi connectivity index (χ4n) is 8.53. The summed E-state index contributed by atoms with van der Waals surface area (Å²) in [6, 6.07) is 9.75. The molecule has 2 aromatic heterocycles. The number of hydrogen-bond donors (Lipinski definition) is 3. The van der Waals surface area contributed by atoms with Crippen LogP contribution in [0.3, 0.4) is 0 Å². The van der Waals surface area contributed by atoms with Crippen molar-refractivity contribution in [2.24, 2.45) is 7.05 Å². The van der Waals surface area contributed by atoms with E-state index in [-0.39, 0.29) is 36.3 Å². The van der Waals surface area contributed by atoms with Crippen LogP contribution in [0, 0.1) is 0 Å². The first-order valence-electron chi connectivity index (χ1n) is 20.5. The number of rotatable bonds is 15. The number of ether oxygens (including phenoxy) is 3. The van der Waals surface area contributed by atoms with Gasteiger partial charge in [0, 0.05) is 49.1 Å². The fraction of sp³-hybridized carbons (Fsp3) is 0.477. The highest BCUT2D eigenvalue weighted by Gasteiger charge is 2.45. The van der Waals surface area contributed by atoms with Gasteiger partial charge in [-0.1, -0.05) is 6.07 Å². The molecule has 4 aromatic rings. The van der Waals surface area contributed by atoms with Crippen LogP contribution in [0.4, 0.5) is 0 Å². The van der Waals surface area contributed by atoms with Gasteiger partial charge in [0.1, 0.15) is 23.3 Å². The zero-order chi connectivity index (χ0) is 42.7. The van der Waals surface area contributed by atoms with E-state index in [0.29, 0.717) is 51.8 Å². The average molecular weight is 843 g/mol. The molecule has 320 valence electrons. The number of carbonyl (C=O) groups is 4. The standard InChI is InChI=1S/C44H54N6O9S/c1-47(2)24-31-34(57-4)21-26(22-35(31)58-5)30-25-48(3)42(54)29-23-36(60-39(29)30)41(53)45-27-11-10-18-49(19-16-27)17-7-6-8-20-59-33-13-9-12-28-38(33)44(56)50(43(28)55)32-14-15-37(51)46-40(32)52/h9,12-13,21-23,25,27,32,44,56H,6-8,10-11,14-20,24H2,1-5H3,(H,45,53)(H,46,51,52). The summed E-state index contributed by atoms with van der Waals surface area (Å²) in [7, 11) is 8.94. The molecule has 0 bridgehead atoms. The second kappa shape index (κ2) is 18.5. The number of aliphatic hydroxyl groups is 1. The number of aromatic nitrogens is 1. The van der Waals surface area contributed by atoms with E-state index in [1.165, 1.54) is 11.3 Å². The Morgan fingerprint density at radius 3 is 2.45 bits per heavy atom.